The minimum Gasteiger partial charge on any atom is -0.378 e. The minimum absolute atomic E-state index is 0.00925. The number of nitrogens with zero attached hydrogens (tertiary/aromatic N) is 4. The lowest BCUT2D eigenvalue weighted by Gasteiger charge is -2.32. The third-order valence-electron chi connectivity index (χ3n) is 4.45. The van der Waals surface area contributed by atoms with Crippen molar-refractivity contribution in [3.63, 3.8) is 0 Å². The molecule has 0 bridgehead atoms. The molecule has 3 rings (SSSR count). The van der Waals surface area contributed by atoms with E-state index in [0.29, 0.717) is 5.69 Å². The third-order valence-corrected chi connectivity index (χ3v) is 4.45. The van der Waals surface area contributed by atoms with Gasteiger partial charge in [0.1, 0.15) is 5.69 Å². The van der Waals surface area contributed by atoms with Crippen molar-refractivity contribution in [2.75, 3.05) is 57.5 Å². The summed E-state index contributed by atoms with van der Waals surface area (Å²) in [7, 11) is 6.11. The second kappa shape index (κ2) is 7.53. The summed E-state index contributed by atoms with van der Waals surface area (Å²) < 4.78 is 0. The SMILES string of the molecule is CN1CCN(C(=O)c2ccc(Nc3ccc(N(C)C)cc3)cn2)CC1. The monoisotopic (exact) mass is 339 g/mol. The van der Waals surface area contributed by atoms with Gasteiger partial charge in [0.25, 0.3) is 5.91 Å². The number of pyridine rings is 1. The average molecular weight is 339 g/mol. The van der Waals surface area contributed by atoms with Crippen LogP contribution in [0.1, 0.15) is 10.5 Å². The van der Waals surface area contributed by atoms with Crippen LogP contribution in [0.5, 0.6) is 0 Å². The summed E-state index contributed by atoms with van der Waals surface area (Å²) in [5, 5.41) is 3.31. The Hall–Kier alpha value is -2.60. The second-order valence-corrected chi connectivity index (χ2v) is 6.59. The van der Waals surface area contributed by atoms with E-state index in [1.165, 1.54) is 0 Å². The number of amides is 1. The summed E-state index contributed by atoms with van der Waals surface area (Å²) in [5.41, 5.74) is 3.51. The summed E-state index contributed by atoms with van der Waals surface area (Å²) in [4.78, 5) is 23.0. The highest BCUT2D eigenvalue weighted by Crippen LogP contribution is 2.20. The first kappa shape index (κ1) is 17.2. The highest BCUT2D eigenvalue weighted by molar-refractivity contribution is 5.92. The van der Waals surface area contributed by atoms with E-state index in [1.807, 2.05) is 37.2 Å². The maximum atomic E-state index is 12.5. The molecule has 1 amide bonds. The fourth-order valence-electron chi connectivity index (χ4n) is 2.78. The smallest absolute Gasteiger partial charge is 0.272 e. The molecule has 1 fully saturated rings. The van der Waals surface area contributed by atoms with Gasteiger partial charge in [-0.2, -0.15) is 0 Å². The van der Waals surface area contributed by atoms with Gasteiger partial charge in [0.05, 0.1) is 11.9 Å². The molecule has 2 aromatic rings. The van der Waals surface area contributed by atoms with Crippen LogP contribution >= 0.6 is 0 Å². The highest BCUT2D eigenvalue weighted by Gasteiger charge is 2.21. The van der Waals surface area contributed by atoms with Crippen LogP contribution in [0.2, 0.25) is 0 Å². The van der Waals surface area contributed by atoms with Gasteiger partial charge in [0, 0.05) is 51.6 Å². The lowest BCUT2D eigenvalue weighted by molar-refractivity contribution is 0.0658. The fraction of sp³-hybridized carbons (Fsp3) is 0.368. The average Bonchev–Trinajstić information content (AvgIpc) is 2.63. The first-order valence-electron chi connectivity index (χ1n) is 8.51. The molecule has 0 aliphatic carbocycles. The van der Waals surface area contributed by atoms with Crippen molar-refractivity contribution in [1.82, 2.24) is 14.8 Å². The zero-order valence-electron chi connectivity index (χ0n) is 15.1. The largest absolute Gasteiger partial charge is 0.378 e. The van der Waals surface area contributed by atoms with Crippen molar-refractivity contribution >= 4 is 23.0 Å². The Bertz CT molecular complexity index is 704. The first-order chi connectivity index (χ1) is 12.0. The van der Waals surface area contributed by atoms with Crippen LogP contribution < -0.4 is 10.2 Å². The van der Waals surface area contributed by atoms with E-state index in [-0.39, 0.29) is 5.91 Å². The number of benzene rings is 1. The summed E-state index contributed by atoms with van der Waals surface area (Å²) in [5.74, 6) is 0.00925. The van der Waals surface area contributed by atoms with E-state index in [4.69, 9.17) is 0 Å². The molecule has 1 aliphatic rings. The van der Waals surface area contributed by atoms with Crippen LogP contribution in [0.25, 0.3) is 0 Å². The fourth-order valence-corrected chi connectivity index (χ4v) is 2.78. The molecular weight excluding hydrogens is 314 g/mol. The number of nitrogens with one attached hydrogen (secondary N) is 1. The molecule has 1 aliphatic heterocycles. The van der Waals surface area contributed by atoms with Gasteiger partial charge in [-0.1, -0.05) is 0 Å². The quantitative estimate of drug-likeness (QED) is 0.926. The molecule has 2 heterocycles. The third kappa shape index (κ3) is 4.28. The van der Waals surface area contributed by atoms with Crippen molar-refractivity contribution in [2.24, 2.45) is 0 Å². The number of carbonyl (C=O) groups is 1. The van der Waals surface area contributed by atoms with Gasteiger partial charge < -0.3 is 20.0 Å². The number of anilines is 3. The molecule has 0 unspecified atom stereocenters. The standard InChI is InChI=1S/C19H25N5O/c1-22(2)17-7-4-15(5-8-17)21-16-6-9-18(20-14-16)19(25)24-12-10-23(3)11-13-24/h4-9,14,21H,10-13H2,1-3H3. The molecule has 1 aromatic carbocycles. The topological polar surface area (TPSA) is 51.7 Å². The summed E-state index contributed by atoms with van der Waals surface area (Å²) >= 11 is 0. The van der Waals surface area contributed by atoms with Gasteiger partial charge in [-0.15, -0.1) is 0 Å². The molecule has 25 heavy (non-hydrogen) atoms. The predicted molar refractivity (Wildman–Crippen MR) is 102 cm³/mol. The summed E-state index contributed by atoms with van der Waals surface area (Å²) in [6.45, 7) is 3.34. The van der Waals surface area contributed by atoms with Gasteiger partial charge in [0.2, 0.25) is 0 Å². The predicted octanol–water partition coefficient (Wildman–Crippen LogP) is 2.28. The Morgan fingerprint density at radius 2 is 1.64 bits per heavy atom. The number of piperazine rings is 1. The van der Waals surface area contributed by atoms with Crippen molar-refractivity contribution in [3.8, 4) is 0 Å². The van der Waals surface area contributed by atoms with Gasteiger partial charge >= 0.3 is 0 Å². The molecule has 0 spiro atoms. The van der Waals surface area contributed by atoms with Crippen molar-refractivity contribution in [1.29, 1.82) is 0 Å². The first-order valence-corrected chi connectivity index (χ1v) is 8.51. The van der Waals surface area contributed by atoms with E-state index >= 15 is 0 Å². The number of hydrogen-bond donors (Lipinski definition) is 1. The molecule has 6 nitrogen and oxygen atoms in total. The lowest BCUT2D eigenvalue weighted by atomic mass is 10.2. The van der Waals surface area contributed by atoms with Crippen LogP contribution in [0.15, 0.2) is 42.6 Å². The Morgan fingerprint density at radius 1 is 1.00 bits per heavy atom. The van der Waals surface area contributed by atoms with Crippen molar-refractivity contribution < 1.29 is 4.79 Å². The lowest BCUT2D eigenvalue weighted by Crippen LogP contribution is -2.47. The Balaban J connectivity index is 1.62. The molecule has 0 atom stereocenters. The zero-order chi connectivity index (χ0) is 17.8. The molecule has 0 saturated carbocycles. The Morgan fingerprint density at radius 3 is 2.20 bits per heavy atom. The van der Waals surface area contributed by atoms with Crippen molar-refractivity contribution in [3.05, 3.63) is 48.3 Å². The van der Waals surface area contributed by atoms with E-state index in [0.717, 1.165) is 43.2 Å². The molecule has 6 heteroatoms. The van der Waals surface area contributed by atoms with E-state index in [2.05, 4.69) is 39.3 Å². The van der Waals surface area contributed by atoms with Crippen LogP contribution in [0.3, 0.4) is 0 Å². The van der Waals surface area contributed by atoms with E-state index < -0.39 is 0 Å². The number of hydrogen-bond acceptors (Lipinski definition) is 5. The van der Waals surface area contributed by atoms with Crippen LogP contribution in [-0.4, -0.2) is 68.0 Å². The Kier molecular flexibility index (Phi) is 5.19. The summed E-state index contributed by atoms with van der Waals surface area (Å²) in [6, 6.07) is 11.9. The van der Waals surface area contributed by atoms with E-state index in [1.54, 1.807) is 12.3 Å². The highest BCUT2D eigenvalue weighted by atomic mass is 16.2. The number of rotatable bonds is 4. The van der Waals surface area contributed by atoms with Crippen LogP contribution in [-0.2, 0) is 0 Å². The van der Waals surface area contributed by atoms with Gasteiger partial charge in [0.15, 0.2) is 0 Å². The Labute approximate surface area is 149 Å². The molecule has 0 radical (unpaired) electrons. The van der Waals surface area contributed by atoms with Crippen LogP contribution in [0.4, 0.5) is 17.1 Å². The molecular formula is C19H25N5O. The van der Waals surface area contributed by atoms with E-state index in [9.17, 15) is 4.79 Å². The molecule has 1 N–H and O–H groups in total. The van der Waals surface area contributed by atoms with Gasteiger partial charge in [-0.25, -0.2) is 4.98 Å². The normalized spacial score (nSPS) is 15.1. The molecule has 1 aromatic heterocycles. The van der Waals surface area contributed by atoms with Gasteiger partial charge in [-0.05, 0) is 43.4 Å². The number of carbonyl (C=O) groups excluding carboxylic acids is 1. The maximum absolute atomic E-state index is 12.5. The van der Waals surface area contributed by atoms with Crippen molar-refractivity contribution in [2.45, 2.75) is 0 Å². The second-order valence-electron chi connectivity index (χ2n) is 6.59. The number of aromatic nitrogens is 1. The van der Waals surface area contributed by atoms with Gasteiger partial charge in [-0.3, -0.25) is 4.79 Å². The number of likely N-dealkylation sites (N-methyl/N-ethyl adjacent to an activating group) is 1. The van der Waals surface area contributed by atoms with Crippen LogP contribution in [0, 0.1) is 0 Å². The molecule has 1 saturated heterocycles. The summed E-state index contributed by atoms with van der Waals surface area (Å²) in [6.07, 6.45) is 1.71. The zero-order valence-corrected chi connectivity index (χ0v) is 15.1. The molecule has 132 valence electrons. The maximum Gasteiger partial charge on any atom is 0.272 e. The minimum atomic E-state index is 0.00925.